The van der Waals surface area contributed by atoms with Crippen LogP contribution in [0.15, 0.2) is 5.16 Å². The smallest absolute Gasteiger partial charge is 0.233 e. The molecule has 3 rings (SSSR count). The Labute approximate surface area is 112 Å². The Morgan fingerprint density at radius 1 is 1.00 bits per heavy atom. The number of imide groups is 1. The molecule has 3 fully saturated rings. The van der Waals surface area contributed by atoms with Crippen molar-refractivity contribution in [3.63, 3.8) is 0 Å². The number of nitrogens with zero attached hydrogens (tertiary/aromatic N) is 2. The van der Waals surface area contributed by atoms with E-state index in [1.165, 1.54) is 6.42 Å². The van der Waals surface area contributed by atoms with Gasteiger partial charge in [-0.3, -0.25) is 14.5 Å². The van der Waals surface area contributed by atoms with Crippen LogP contribution in [0.3, 0.4) is 0 Å². The topological polar surface area (TPSA) is 70.0 Å². The SMILES string of the molecule is O=C1C2CCC(=NO)CC2C(=O)N1C1CCCCC1. The van der Waals surface area contributed by atoms with Crippen molar-refractivity contribution in [2.24, 2.45) is 17.0 Å². The van der Waals surface area contributed by atoms with Gasteiger partial charge in [-0.05, 0) is 25.7 Å². The van der Waals surface area contributed by atoms with E-state index in [0.29, 0.717) is 25.0 Å². The molecule has 0 aromatic rings. The quantitative estimate of drug-likeness (QED) is 0.447. The standard InChI is InChI=1S/C14H20N2O3/c17-13-11-7-6-9(15-19)8-12(11)14(18)16(13)10-4-2-1-3-5-10/h10-12,19H,1-8H2. The van der Waals surface area contributed by atoms with Crippen LogP contribution in [0, 0.1) is 11.8 Å². The molecule has 2 saturated carbocycles. The van der Waals surface area contributed by atoms with E-state index in [4.69, 9.17) is 5.21 Å². The highest BCUT2D eigenvalue weighted by Gasteiger charge is 2.51. The molecule has 0 bridgehead atoms. The van der Waals surface area contributed by atoms with Gasteiger partial charge in [0.05, 0.1) is 17.5 Å². The van der Waals surface area contributed by atoms with Gasteiger partial charge in [-0.15, -0.1) is 0 Å². The summed E-state index contributed by atoms with van der Waals surface area (Å²) in [7, 11) is 0. The number of hydrogen-bond donors (Lipinski definition) is 1. The maximum Gasteiger partial charge on any atom is 0.233 e. The summed E-state index contributed by atoms with van der Waals surface area (Å²) in [5, 5.41) is 12.1. The molecular weight excluding hydrogens is 244 g/mol. The number of carbonyl (C=O) groups excluding carboxylic acids is 2. The molecule has 2 unspecified atom stereocenters. The van der Waals surface area contributed by atoms with E-state index in [1.807, 2.05) is 0 Å². The van der Waals surface area contributed by atoms with Gasteiger partial charge in [0.25, 0.3) is 0 Å². The molecule has 2 amide bonds. The lowest BCUT2D eigenvalue weighted by atomic mass is 9.80. The van der Waals surface area contributed by atoms with Crippen molar-refractivity contribution in [3.8, 4) is 0 Å². The van der Waals surface area contributed by atoms with Gasteiger partial charge in [0, 0.05) is 12.5 Å². The molecule has 2 atom stereocenters. The summed E-state index contributed by atoms with van der Waals surface area (Å²) >= 11 is 0. The summed E-state index contributed by atoms with van der Waals surface area (Å²) in [6.45, 7) is 0. The van der Waals surface area contributed by atoms with Crippen molar-refractivity contribution >= 4 is 17.5 Å². The van der Waals surface area contributed by atoms with Gasteiger partial charge in [-0.2, -0.15) is 0 Å². The predicted octanol–water partition coefficient (Wildman–Crippen LogP) is 1.93. The van der Waals surface area contributed by atoms with Gasteiger partial charge < -0.3 is 5.21 Å². The predicted molar refractivity (Wildman–Crippen MR) is 68.8 cm³/mol. The molecule has 104 valence electrons. The van der Waals surface area contributed by atoms with Gasteiger partial charge >= 0.3 is 0 Å². The fourth-order valence-electron chi connectivity index (χ4n) is 3.83. The average Bonchev–Trinajstić information content (AvgIpc) is 2.71. The zero-order valence-electron chi connectivity index (χ0n) is 11.0. The number of carbonyl (C=O) groups is 2. The van der Waals surface area contributed by atoms with E-state index in [1.54, 1.807) is 4.90 Å². The first-order valence-electron chi connectivity index (χ1n) is 7.29. The molecule has 3 aliphatic rings. The molecule has 0 aromatic carbocycles. The fraction of sp³-hybridized carbons (Fsp3) is 0.786. The van der Waals surface area contributed by atoms with Gasteiger partial charge in [-0.25, -0.2) is 0 Å². The zero-order chi connectivity index (χ0) is 13.4. The van der Waals surface area contributed by atoms with E-state index < -0.39 is 0 Å². The van der Waals surface area contributed by atoms with Gasteiger partial charge in [0.1, 0.15) is 0 Å². The normalized spacial score (nSPS) is 34.9. The van der Waals surface area contributed by atoms with Crippen molar-refractivity contribution in [3.05, 3.63) is 0 Å². The van der Waals surface area contributed by atoms with Crippen molar-refractivity contribution in [2.45, 2.75) is 57.4 Å². The molecule has 2 aliphatic carbocycles. The molecule has 1 N–H and O–H groups in total. The monoisotopic (exact) mass is 264 g/mol. The van der Waals surface area contributed by atoms with Crippen molar-refractivity contribution < 1.29 is 14.8 Å². The van der Waals surface area contributed by atoms with Crippen LogP contribution in [0.5, 0.6) is 0 Å². The van der Waals surface area contributed by atoms with Crippen LogP contribution in [0.4, 0.5) is 0 Å². The summed E-state index contributed by atoms with van der Waals surface area (Å²) in [5.41, 5.74) is 0.660. The average molecular weight is 264 g/mol. The maximum absolute atomic E-state index is 12.5. The first kappa shape index (κ1) is 12.6. The molecular formula is C14H20N2O3. The fourth-order valence-corrected chi connectivity index (χ4v) is 3.83. The van der Waals surface area contributed by atoms with Crippen molar-refractivity contribution in [2.75, 3.05) is 0 Å². The number of likely N-dealkylation sites (tertiary alicyclic amines) is 1. The molecule has 1 aliphatic heterocycles. The Kier molecular flexibility index (Phi) is 3.29. The Balaban J connectivity index is 1.80. The largest absolute Gasteiger partial charge is 0.411 e. The summed E-state index contributed by atoms with van der Waals surface area (Å²) in [5.74, 6) is -0.435. The third-order valence-corrected chi connectivity index (χ3v) is 4.88. The third-order valence-electron chi connectivity index (χ3n) is 4.88. The van der Waals surface area contributed by atoms with Crippen LogP contribution < -0.4 is 0 Å². The number of oxime groups is 1. The Morgan fingerprint density at radius 3 is 2.37 bits per heavy atom. The lowest BCUT2D eigenvalue weighted by Crippen LogP contribution is -2.41. The highest BCUT2D eigenvalue weighted by Crippen LogP contribution is 2.40. The molecule has 5 nitrogen and oxygen atoms in total. The molecule has 0 aromatic heterocycles. The van der Waals surface area contributed by atoms with Gasteiger partial charge in [-0.1, -0.05) is 24.4 Å². The van der Waals surface area contributed by atoms with Crippen LogP contribution in [0.2, 0.25) is 0 Å². The highest BCUT2D eigenvalue weighted by molar-refractivity contribution is 6.08. The molecule has 0 radical (unpaired) electrons. The number of hydrogen-bond acceptors (Lipinski definition) is 4. The molecule has 0 spiro atoms. The molecule has 5 heteroatoms. The Bertz CT molecular complexity index is 426. The van der Waals surface area contributed by atoms with E-state index in [2.05, 4.69) is 5.16 Å². The first-order chi connectivity index (χ1) is 9.22. The zero-order valence-corrected chi connectivity index (χ0v) is 11.0. The second kappa shape index (κ2) is 4.94. The van der Waals surface area contributed by atoms with E-state index >= 15 is 0 Å². The summed E-state index contributed by atoms with van der Waals surface area (Å²) in [6.07, 6.45) is 7.08. The van der Waals surface area contributed by atoms with E-state index in [-0.39, 0.29) is 29.7 Å². The second-order valence-corrected chi connectivity index (χ2v) is 5.96. The van der Waals surface area contributed by atoms with Gasteiger partial charge in [0.15, 0.2) is 0 Å². The van der Waals surface area contributed by atoms with E-state index in [0.717, 1.165) is 25.7 Å². The lowest BCUT2D eigenvalue weighted by Gasteiger charge is -2.29. The molecule has 1 heterocycles. The summed E-state index contributed by atoms with van der Waals surface area (Å²) in [4.78, 5) is 26.5. The number of amides is 2. The van der Waals surface area contributed by atoms with Crippen LogP contribution in [-0.4, -0.2) is 33.7 Å². The summed E-state index contributed by atoms with van der Waals surface area (Å²) in [6, 6.07) is 0.119. The highest BCUT2D eigenvalue weighted by atomic mass is 16.4. The van der Waals surface area contributed by atoms with Crippen molar-refractivity contribution in [1.82, 2.24) is 4.90 Å². The van der Waals surface area contributed by atoms with Crippen LogP contribution >= 0.6 is 0 Å². The third kappa shape index (κ3) is 2.05. The number of rotatable bonds is 1. The maximum atomic E-state index is 12.5. The Morgan fingerprint density at radius 2 is 1.68 bits per heavy atom. The van der Waals surface area contributed by atoms with Crippen LogP contribution in [0.25, 0.3) is 0 Å². The number of fused-ring (bicyclic) bond motifs is 1. The van der Waals surface area contributed by atoms with Crippen LogP contribution in [0.1, 0.15) is 51.4 Å². The molecule has 19 heavy (non-hydrogen) atoms. The Hall–Kier alpha value is -1.39. The van der Waals surface area contributed by atoms with E-state index in [9.17, 15) is 9.59 Å². The van der Waals surface area contributed by atoms with Gasteiger partial charge in [0.2, 0.25) is 11.8 Å². The minimum atomic E-state index is -0.269. The minimum Gasteiger partial charge on any atom is -0.411 e. The summed E-state index contributed by atoms with van der Waals surface area (Å²) < 4.78 is 0. The second-order valence-electron chi connectivity index (χ2n) is 5.96. The van der Waals surface area contributed by atoms with Crippen LogP contribution in [-0.2, 0) is 9.59 Å². The minimum absolute atomic E-state index is 0.0252. The molecule has 1 saturated heterocycles. The van der Waals surface area contributed by atoms with Crippen molar-refractivity contribution in [1.29, 1.82) is 0 Å². The first-order valence-corrected chi connectivity index (χ1v) is 7.29. The lowest BCUT2D eigenvalue weighted by molar-refractivity contribution is -0.143.